The number of benzene rings is 2. The Labute approximate surface area is 204 Å². The Morgan fingerprint density at radius 1 is 1.15 bits per heavy atom. The number of carbonyl (C=O) groups is 1. The number of aromatic nitrogens is 2. The van der Waals surface area contributed by atoms with Gasteiger partial charge in [0.1, 0.15) is 5.75 Å². The molecule has 33 heavy (non-hydrogen) atoms. The van der Waals surface area contributed by atoms with Crippen LogP contribution in [0.25, 0.3) is 0 Å². The number of methoxy groups -OCH3 is 1. The monoisotopic (exact) mass is 510 g/mol. The van der Waals surface area contributed by atoms with Gasteiger partial charge in [-0.2, -0.15) is 5.10 Å². The average Bonchev–Trinajstić information content (AvgIpc) is 3.25. The van der Waals surface area contributed by atoms with Crippen LogP contribution in [0, 0.1) is 0 Å². The van der Waals surface area contributed by atoms with Gasteiger partial charge in [0.15, 0.2) is 18.1 Å². The number of halogens is 2. The third-order valence-corrected chi connectivity index (χ3v) is 5.26. The van der Waals surface area contributed by atoms with Crippen LogP contribution in [0.3, 0.4) is 0 Å². The van der Waals surface area contributed by atoms with Gasteiger partial charge in [-0.05, 0) is 48.9 Å². The molecule has 3 aromatic rings. The summed E-state index contributed by atoms with van der Waals surface area (Å²) in [5.41, 5.74) is 3.19. The number of hydrogen-bond donors (Lipinski definition) is 1. The van der Waals surface area contributed by atoms with Crippen LogP contribution < -0.4 is 19.6 Å². The molecule has 0 aliphatic heterocycles. The number of nitrogens with one attached hydrogen (secondary N) is 1. The molecule has 0 radical (unpaired) electrons. The zero-order valence-electron chi connectivity index (χ0n) is 17.7. The van der Waals surface area contributed by atoms with Crippen molar-refractivity contribution in [3.63, 3.8) is 0 Å². The van der Waals surface area contributed by atoms with Gasteiger partial charge in [-0.1, -0.05) is 35.0 Å². The molecule has 0 saturated heterocycles. The molecule has 0 spiro atoms. The molecular weight excluding hydrogens is 491 g/mol. The van der Waals surface area contributed by atoms with Crippen molar-refractivity contribution < 1.29 is 23.4 Å². The first-order valence-electron chi connectivity index (χ1n) is 9.64. The summed E-state index contributed by atoms with van der Waals surface area (Å²) in [6.07, 6.45) is 1.51. The molecule has 3 rings (SSSR count). The molecule has 1 N–H and O–H groups in total. The highest BCUT2D eigenvalue weighted by Crippen LogP contribution is 2.29. The fraction of sp³-hybridized carbons (Fsp3) is 0.238. The normalized spacial score (nSPS) is 10.9. The summed E-state index contributed by atoms with van der Waals surface area (Å²) >= 11 is 13.0. The van der Waals surface area contributed by atoms with E-state index in [9.17, 15) is 4.79 Å². The average molecular weight is 511 g/mol. The van der Waals surface area contributed by atoms with Gasteiger partial charge in [0.05, 0.1) is 30.7 Å². The number of carbonyl (C=O) groups excluding carboxylic acids is 1. The van der Waals surface area contributed by atoms with Crippen LogP contribution in [-0.2, 0) is 11.4 Å². The fourth-order valence-corrected chi connectivity index (χ4v) is 3.50. The smallest absolute Gasteiger partial charge is 0.277 e. The van der Waals surface area contributed by atoms with E-state index in [1.165, 1.54) is 6.21 Å². The number of nitrogens with zero attached hydrogens (tertiary/aromatic N) is 3. The molecule has 1 heterocycles. The molecular formula is C21H20Cl2N4O5S. The fourth-order valence-electron chi connectivity index (χ4n) is 2.47. The van der Waals surface area contributed by atoms with Gasteiger partial charge < -0.3 is 18.6 Å². The van der Waals surface area contributed by atoms with E-state index < -0.39 is 0 Å². The molecule has 1 amide bonds. The van der Waals surface area contributed by atoms with Gasteiger partial charge in [0.25, 0.3) is 17.0 Å². The van der Waals surface area contributed by atoms with Gasteiger partial charge in [0, 0.05) is 5.02 Å². The van der Waals surface area contributed by atoms with Crippen molar-refractivity contribution in [2.45, 2.75) is 18.8 Å². The summed E-state index contributed by atoms with van der Waals surface area (Å²) in [4.78, 5) is 12.0. The Morgan fingerprint density at radius 2 is 1.97 bits per heavy atom. The van der Waals surface area contributed by atoms with E-state index in [0.29, 0.717) is 33.9 Å². The first-order chi connectivity index (χ1) is 16.0. The molecule has 2 aromatic carbocycles. The summed E-state index contributed by atoms with van der Waals surface area (Å²) in [6.45, 7) is 2.41. The SMILES string of the molecule is CCOc1cc(/C=N\NC(=O)CSc2nnc(COc3ccc(Cl)cc3Cl)o2)ccc1OC. The molecule has 0 unspecified atom stereocenters. The van der Waals surface area contributed by atoms with E-state index in [-0.39, 0.29) is 29.4 Å². The Balaban J connectivity index is 1.44. The van der Waals surface area contributed by atoms with Crippen molar-refractivity contribution in [1.82, 2.24) is 15.6 Å². The predicted molar refractivity (Wildman–Crippen MR) is 126 cm³/mol. The maximum atomic E-state index is 12.0. The number of hydrazone groups is 1. The third kappa shape index (κ3) is 7.55. The topological polar surface area (TPSA) is 108 Å². The lowest BCUT2D eigenvalue weighted by atomic mass is 10.2. The summed E-state index contributed by atoms with van der Waals surface area (Å²) < 4.78 is 21.7. The largest absolute Gasteiger partial charge is 0.493 e. The van der Waals surface area contributed by atoms with Crippen molar-refractivity contribution in [1.29, 1.82) is 0 Å². The Kier molecular flexibility index (Phi) is 9.23. The van der Waals surface area contributed by atoms with Gasteiger partial charge in [0.2, 0.25) is 0 Å². The lowest BCUT2D eigenvalue weighted by Gasteiger charge is -2.09. The van der Waals surface area contributed by atoms with E-state index in [1.807, 2.05) is 6.92 Å². The highest BCUT2D eigenvalue weighted by molar-refractivity contribution is 7.99. The second kappa shape index (κ2) is 12.3. The minimum Gasteiger partial charge on any atom is -0.493 e. The van der Waals surface area contributed by atoms with Crippen molar-refractivity contribution in [3.05, 3.63) is 57.9 Å². The molecule has 12 heteroatoms. The predicted octanol–water partition coefficient (Wildman–Crippen LogP) is 4.61. The van der Waals surface area contributed by atoms with E-state index in [2.05, 4.69) is 20.7 Å². The number of hydrogen-bond acceptors (Lipinski definition) is 9. The Bertz CT molecular complexity index is 1130. The summed E-state index contributed by atoms with van der Waals surface area (Å²) in [7, 11) is 1.57. The minimum atomic E-state index is -0.335. The minimum absolute atomic E-state index is 0.0248. The molecule has 1 aromatic heterocycles. The van der Waals surface area contributed by atoms with Crippen LogP contribution in [-0.4, -0.2) is 41.8 Å². The van der Waals surface area contributed by atoms with Crippen LogP contribution in [0.1, 0.15) is 18.4 Å². The zero-order valence-corrected chi connectivity index (χ0v) is 20.0. The number of rotatable bonds is 11. The first-order valence-corrected chi connectivity index (χ1v) is 11.4. The van der Waals surface area contributed by atoms with E-state index in [1.54, 1.807) is 43.5 Å². The van der Waals surface area contributed by atoms with E-state index in [0.717, 1.165) is 17.3 Å². The van der Waals surface area contributed by atoms with Crippen molar-refractivity contribution >= 4 is 47.1 Å². The van der Waals surface area contributed by atoms with Crippen molar-refractivity contribution in [3.8, 4) is 17.2 Å². The molecule has 174 valence electrons. The molecule has 0 saturated carbocycles. The molecule has 0 fully saturated rings. The standard InChI is InChI=1S/C21H20Cl2N4O5S/c1-3-30-18-8-13(4-6-17(18)29-2)10-24-25-19(28)12-33-21-27-26-20(32-21)11-31-16-7-5-14(22)9-15(16)23/h4-10H,3,11-12H2,1-2H3,(H,25,28)/b24-10-. The maximum absolute atomic E-state index is 12.0. The molecule has 9 nitrogen and oxygen atoms in total. The zero-order chi connectivity index (χ0) is 23.6. The summed E-state index contributed by atoms with van der Waals surface area (Å²) in [5.74, 6) is 1.60. The van der Waals surface area contributed by atoms with Gasteiger partial charge in [-0.15, -0.1) is 10.2 Å². The van der Waals surface area contributed by atoms with E-state index >= 15 is 0 Å². The molecule has 0 aliphatic carbocycles. The van der Waals surface area contributed by atoms with E-state index in [4.69, 9.17) is 41.8 Å². The molecule has 0 aliphatic rings. The second-order valence-electron chi connectivity index (χ2n) is 6.25. The second-order valence-corrected chi connectivity index (χ2v) is 8.02. The Hall–Kier alpha value is -2.95. The quantitative estimate of drug-likeness (QED) is 0.226. The van der Waals surface area contributed by atoms with Gasteiger partial charge in [-0.3, -0.25) is 4.79 Å². The van der Waals surface area contributed by atoms with Crippen LogP contribution >= 0.6 is 35.0 Å². The highest BCUT2D eigenvalue weighted by atomic mass is 35.5. The summed E-state index contributed by atoms with van der Waals surface area (Å²) in [5, 5.41) is 12.8. The van der Waals surface area contributed by atoms with Crippen LogP contribution in [0.5, 0.6) is 17.2 Å². The third-order valence-electron chi connectivity index (χ3n) is 3.91. The first kappa shape index (κ1) is 24.7. The lowest BCUT2D eigenvalue weighted by molar-refractivity contribution is -0.118. The maximum Gasteiger partial charge on any atom is 0.277 e. The Morgan fingerprint density at radius 3 is 2.73 bits per heavy atom. The highest BCUT2D eigenvalue weighted by Gasteiger charge is 2.11. The van der Waals surface area contributed by atoms with Gasteiger partial charge >= 0.3 is 0 Å². The molecule has 0 bridgehead atoms. The molecule has 0 atom stereocenters. The number of amides is 1. The van der Waals surface area contributed by atoms with Crippen molar-refractivity contribution in [2.24, 2.45) is 5.10 Å². The van der Waals surface area contributed by atoms with Crippen LogP contribution in [0.15, 0.2) is 51.1 Å². The van der Waals surface area contributed by atoms with Crippen LogP contribution in [0.4, 0.5) is 0 Å². The lowest BCUT2D eigenvalue weighted by Crippen LogP contribution is -2.19. The number of thioether (sulfide) groups is 1. The summed E-state index contributed by atoms with van der Waals surface area (Å²) in [6, 6.07) is 10.2. The van der Waals surface area contributed by atoms with Crippen LogP contribution in [0.2, 0.25) is 10.0 Å². The van der Waals surface area contributed by atoms with Gasteiger partial charge in [-0.25, -0.2) is 5.43 Å². The number of ether oxygens (including phenoxy) is 3. The van der Waals surface area contributed by atoms with Crippen molar-refractivity contribution in [2.75, 3.05) is 19.5 Å².